The maximum atomic E-state index is 12.6. The van der Waals surface area contributed by atoms with Gasteiger partial charge >= 0.3 is 0 Å². The number of carbonyl (C=O) groups excluding carboxylic acids is 1. The fraction of sp³-hybridized carbons (Fsp3) is 0.350. The predicted octanol–water partition coefficient (Wildman–Crippen LogP) is 3.12. The summed E-state index contributed by atoms with van der Waals surface area (Å²) in [6.45, 7) is 8.27. The zero-order valence-corrected chi connectivity index (χ0v) is 15.0. The summed E-state index contributed by atoms with van der Waals surface area (Å²) in [5.74, 6) is 5.62. The number of amides is 1. The summed E-state index contributed by atoms with van der Waals surface area (Å²) >= 11 is 0. The number of nitrogens with one attached hydrogen (secondary N) is 2. The number of anilines is 1. The number of H-pyrrole nitrogens is 1. The van der Waals surface area contributed by atoms with Crippen molar-refractivity contribution in [3.05, 3.63) is 47.3 Å². The number of allylic oxidation sites excluding steroid dienone is 2. The Hall–Kier alpha value is -2.53. The van der Waals surface area contributed by atoms with Crippen LogP contribution in [0, 0.1) is 0 Å². The van der Waals surface area contributed by atoms with Gasteiger partial charge in [-0.3, -0.25) is 10.6 Å². The van der Waals surface area contributed by atoms with Crippen molar-refractivity contribution in [2.24, 2.45) is 5.84 Å². The number of hydrogen-bond acceptors (Lipinski definition) is 3. The average molecular weight is 336 g/mol. The molecular formula is C20H24N4O. The average Bonchev–Trinajstić information content (AvgIpc) is 2.95. The molecule has 0 bridgehead atoms. The van der Waals surface area contributed by atoms with Gasteiger partial charge in [-0.25, -0.2) is 0 Å². The van der Waals surface area contributed by atoms with Crippen molar-refractivity contribution in [3.8, 4) is 0 Å². The molecule has 0 spiro atoms. The molecule has 1 aromatic heterocycles. The van der Waals surface area contributed by atoms with Crippen molar-refractivity contribution in [2.45, 2.75) is 38.5 Å². The van der Waals surface area contributed by atoms with E-state index < -0.39 is 5.41 Å². The van der Waals surface area contributed by atoms with Crippen LogP contribution in [0.5, 0.6) is 0 Å². The van der Waals surface area contributed by atoms with Crippen LogP contribution in [-0.4, -0.2) is 17.9 Å². The Morgan fingerprint density at radius 1 is 1.36 bits per heavy atom. The van der Waals surface area contributed by atoms with Crippen molar-refractivity contribution >= 4 is 28.1 Å². The third kappa shape index (κ3) is 2.09. The Balaban J connectivity index is 1.95. The van der Waals surface area contributed by atoms with Crippen LogP contribution >= 0.6 is 0 Å². The third-order valence-electron chi connectivity index (χ3n) is 5.72. The molecule has 1 aromatic carbocycles. The predicted molar refractivity (Wildman–Crippen MR) is 102 cm³/mol. The minimum Gasteiger partial charge on any atom is -0.354 e. The lowest BCUT2D eigenvalue weighted by Gasteiger charge is -2.16. The second-order valence-corrected chi connectivity index (χ2v) is 7.55. The number of rotatable bonds is 1. The Morgan fingerprint density at radius 2 is 2.12 bits per heavy atom. The van der Waals surface area contributed by atoms with Gasteiger partial charge in [0.25, 0.3) is 0 Å². The molecule has 0 unspecified atom stereocenters. The Morgan fingerprint density at radius 3 is 2.84 bits per heavy atom. The van der Waals surface area contributed by atoms with Gasteiger partial charge in [0, 0.05) is 35.5 Å². The Bertz CT molecular complexity index is 948. The summed E-state index contributed by atoms with van der Waals surface area (Å²) < 4.78 is 0. The Kier molecular flexibility index (Phi) is 3.34. The van der Waals surface area contributed by atoms with Crippen LogP contribution in [0.3, 0.4) is 0 Å². The van der Waals surface area contributed by atoms with Crippen LogP contribution < -0.4 is 16.2 Å². The largest absolute Gasteiger partial charge is 0.354 e. The highest BCUT2D eigenvalue weighted by molar-refractivity contribution is 6.10. The fourth-order valence-corrected chi connectivity index (χ4v) is 4.25. The van der Waals surface area contributed by atoms with E-state index in [0.717, 1.165) is 52.9 Å². The van der Waals surface area contributed by atoms with Crippen LogP contribution in [0.4, 0.5) is 5.69 Å². The molecule has 4 N–H and O–H groups in total. The zero-order chi connectivity index (χ0) is 17.9. The maximum Gasteiger partial charge on any atom is 0.236 e. The molecule has 2 heterocycles. The second-order valence-electron chi connectivity index (χ2n) is 7.55. The number of benzene rings is 1. The minimum absolute atomic E-state index is 0.143. The molecule has 1 aliphatic heterocycles. The monoisotopic (exact) mass is 336 g/mol. The first-order valence-corrected chi connectivity index (χ1v) is 8.68. The first-order valence-electron chi connectivity index (χ1n) is 8.68. The van der Waals surface area contributed by atoms with Gasteiger partial charge < -0.3 is 15.3 Å². The molecule has 25 heavy (non-hydrogen) atoms. The molecular weight excluding hydrogens is 312 g/mol. The van der Waals surface area contributed by atoms with E-state index in [2.05, 4.69) is 29.1 Å². The molecule has 2 aromatic rings. The number of likely N-dealkylation sites (N-methyl/N-ethyl adjacent to an activating group) is 1. The van der Waals surface area contributed by atoms with Crippen LogP contribution in [0.15, 0.2) is 30.5 Å². The summed E-state index contributed by atoms with van der Waals surface area (Å²) in [7, 11) is 1.86. The topological polar surface area (TPSA) is 74.2 Å². The standard InChI is InChI=1S/C20H24N4O/c1-11-12(10-22-21)6-5-7-13-14-8-17-15(9-16(14)23-18(11)13)20(2,3)19(25)24(17)4/h8-10,22-23H,1,5-7,21H2,2-4H3/b12-10-. The Labute approximate surface area is 147 Å². The lowest BCUT2D eigenvalue weighted by atomic mass is 9.85. The highest BCUT2D eigenvalue weighted by Crippen LogP contribution is 2.45. The van der Waals surface area contributed by atoms with E-state index in [-0.39, 0.29) is 5.91 Å². The van der Waals surface area contributed by atoms with E-state index in [1.165, 1.54) is 10.9 Å². The van der Waals surface area contributed by atoms with Crippen LogP contribution in [-0.2, 0) is 16.6 Å². The van der Waals surface area contributed by atoms with Crippen LogP contribution in [0.2, 0.25) is 0 Å². The van der Waals surface area contributed by atoms with Crippen molar-refractivity contribution in [1.29, 1.82) is 0 Å². The number of hydrazine groups is 1. The first-order chi connectivity index (χ1) is 11.9. The number of aryl methyl sites for hydroxylation is 1. The molecule has 5 nitrogen and oxygen atoms in total. The van der Waals surface area contributed by atoms with Gasteiger partial charge in [0.1, 0.15) is 0 Å². The van der Waals surface area contributed by atoms with Gasteiger partial charge in [0.15, 0.2) is 0 Å². The normalized spacial score (nSPS) is 20.8. The molecule has 1 amide bonds. The van der Waals surface area contributed by atoms with Crippen LogP contribution in [0.1, 0.15) is 43.5 Å². The van der Waals surface area contributed by atoms with Gasteiger partial charge in [0.2, 0.25) is 5.91 Å². The molecule has 0 radical (unpaired) electrons. The van der Waals surface area contributed by atoms with Crippen molar-refractivity contribution in [2.75, 3.05) is 11.9 Å². The summed E-state index contributed by atoms with van der Waals surface area (Å²) in [4.78, 5) is 17.9. The van der Waals surface area contributed by atoms with E-state index >= 15 is 0 Å². The number of aromatic amines is 1. The van der Waals surface area contributed by atoms with Crippen LogP contribution in [0.25, 0.3) is 16.5 Å². The van der Waals surface area contributed by atoms with Gasteiger partial charge in [-0.15, -0.1) is 0 Å². The number of nitrogens with zero attached hydrogens (tertiary/aromatic N) is 1. The summed E-state index contributed by atoms with van der Waals surface area (Å²) in [6, 6.07) is 4.30. The van der Waals surface area contributed by atoms with E-state index in [0.29, 0.717) is 0 Å². The highest BCUT2D eigenvalue weighted by Gasteiger charge is 2.42. The van der Waals surface area contributed by atoms with E-state index in [4.69, 9.17) is 5.84 Å². The second kappa shape index (κ2) is 5.23. The number of hydrogen-bond donors (Lipinski definition) is 3. The lowest BCUT2D eigenvalue weighted by molar-refractivity contribution is -0.121. The molecule has 0 saturated carbocycles. The molecule has 130 valence electrons. The molecule has 0 atom stereocenters. The summed E-state index contributed by atoms with van der Waals surface area (Å²) in [6.07, 6.45) is 4.81. The molecule has 5 heteroatoms. The quantitative estimate of drug-likeness (QED) is 0.425. The summed E-state index contributed by atoms with van der Waals surface area (Å²) in [5, 5.41) is 1.19. The molecule has 4 rings (SSSR count). The van der Waals surface area contributed by atoms with E-state index in [1.807, 2.05) is 27.1 Å². The van der Waals surface area contributed by atoms with Gasteiger partial charge in [0.05, 0.1) is 5.41 Å². The van der Waals surface area contributed by atoms with E-state index in [9.17, 15) is 4.79 Å². The molecule has 1 aliphatic carbocycles. The van der Waals surface area contributed by atoms with Crippen molar-refractivity contribution < 1.29 is 4.79 Å². The summed E-state index contributed by atoms with van der Waals surface area (Å²) in [5.41, 5.74) is 9.80. The lowest BCUT2D eigenvalue weighted by Crippen LogP contribution is -2.33. The smallest absolute Gasteiger partial charge is 0.236 e. The maximum absolute atomic E-state index is 12.6. The molecule has 0 fully saturated rings. The fourth-order valence-electron chi connectivity index (χ4n) is 4.25. The highest BCUT2D eigenvalue weighted by atomic mass is 16.2. The zero-order valence-electron chi connectivity index (χ0n) is 15.0. The van der Waals surface area contributed by atoms with Crippen molar-refractivity contribution in [1.82, 2.24) is 10.4 Å². The number of aromatic nitrogens is 1. The van der Waals surface area contributed by atoms with Gasteiger partial charge in [-0.2, -0.15) is 0 Å². The van der Waals surface area contributed by atoms with E-state index in [1.54, 1.807) is 4.90 Å². The number of nitrogens with two attached hydrogens (primary N) is 1. The van der Waals surface area contributed by atoms with Crippen molar-refractivity contribution in [3.63, 3.8) is 0 Å². The third-order valence-corrected chi connectivity index (χ3v) is 5.72. The van der Waals surface area contributed by atoms with Gasteiger partial charge in [-0.1, -0.05) is 6.58 Å². The number of carbonyl (C=O) groups is 1. The SMILES string of the molecule is C=C1/C(=C\NN)CCCc2c1[nH]c1cc3c(cc21)N(C)C(=O)C3(C)C. The molecule has 0 saturated heterocycles. The first kappa shape index (κ1) is 16.0. The molecule has 2 aliphatic rings. The van der Waals surface area contributed by atoms with Gasteiger partial charge in [-0.05, 0) is 67.5 Å². The number of fused-ring (bicyclic) bond motifs is 4. The minimum atomic E-state index is -0.494.